The monoisotopic (exact) mass is 288 g/mol. The van der Waals surface area contributed by atoms with Gasteiger partial charge in [-0.05, 0) is 23.2 Å². The van der Waals surface area contributed by atoms with Gasteiger partial charge in [-0.15, -0.1) is 0 Å². The van der Waals surface area contributed by atoms with Crippen molar-refractivity contribution in [2.24, 2.45) is 5.11 Å². The van der Waals surface area contributed by atoms with Crippen molar-refractivity contribution in [2.75, 3.05) is 20.2 Å². The summed E-state index contributed by atoms with van der Waals surface area (Å²) in [6, 6.07) is 0.194. The normalized spacial score (nSPS) is 11.6. The van der Waals surface area contributed by atoms with Crippen LogP contribution in [0.5, 0.6) is 0 Å². The van der Waals surface area contributed by atoms with Gasteiger partial charge in [0.15, 0.2) is 17.5 Å². The van der Waals surface area contributed by atoms with Crippen LogP contribution in [0.1, 0.15) is 11.6 Å². The van der Waals surface area contributed by atoms with Crippen LogP contribution in [-0.2, 0) is 9.53 Å². The van der Waals surface area contributed by atoms with E-state index in [4.69, 9.17) is 5.53 Å². The molecule has 0 heterocycles. The summed E-state index contributed by atoms with van der Waals surface area (Å²) < 4.78 is 43.7. The molecule has 0 fully saturated rings. The van der Waals surface area contributed by atoms with Crippen molar-refractivity contribution in [3.8, 4) is 0 Å². The lowest BCUT2D eigenvalue weighted by molar-refractivity contribution is -0.143. The molecular weight excluding hydrogens is 277 g/mol. The van der Waals surface area contributed by atoms with E-state index < -0.39 is 29.5 Å². The van der Waals surface area contributed by atoms with Crippen molar-refractivity contribution in [1.29, 1.82) is 0 Å². The maximum Gasteiger partial charge on any atom is 0.327 e. The molecule has 1 atom stereocenters. The highest BCUT2D eigenvalue weighted by Crippen LogP contribution is 2.20. The molecule has 1 aromatic carbocycles. The first kappa shape index (κ1) is 15.8. The number of methoxy groups -OCH3 is 1. The average Bonchev–Trinajstić information content (AvgIpc) is 2.43. The van der Waals surface area contributed by atoms with Crippen molar-refractivity contribution in [2.45, 2.75) is 6.04 Å². The number of benzene rings is 1. The molecule has 1 unspecified atom stereocenters. The molecule has 0 aliphatic carbocycles. The number of carbonyl (C=O) groups excluding carboxylic acids is 1. The molecule has 0 radical (unpaired) electrons. The first-order valence-electron chi connectivity index (χ1n) is 5.47. The third-order valence-corrected chi connectivity index (χ3v) is 2.40. The van der Waals surface area contributed by atoms with Gasteiger partial charge in [-0.2, -0.15) is 0 Å². The van der Waals surface area contributed by atoms with E-state index >= 15 is 0 Å². The van der Waals surface area contributed by atoms with Gasteiger partial charge in [0.25, 0.3) is 0 Å². The van der Waals surface area contributed by atoms with Gasteiger partial charge in [0.05, 0.1) is 7.11 Å². The van der Waals surface area contributed by atoms with Crippen molar-refractivity contribution in [3.05, 3.63) is 45.6 Å². The maximum atomic E-state index is 13.1. The van der Waals surface area contributed by atoms with E-state index in [0.717, 1.165) is 7.11 Å². The number of nitrogens with one attached hydrogen (secondary N) is 1. The van der Waals surface area contributed by atoms with E-state index in [0.29, 0.717) is 12.1 Å². The SMILES string of the molecule is COC(=O)C(NCCN=[N+]=[N-])c1cc(F)c(F)c(F)c1. The predicted molar refractivity (Wildman–Crippen MR) is 63.1 cm³/mol. The summed E-state index contributed by atoms with van der Waals surface area (Å²) in [4.78, 5) is 14.1. The van der Waals surface area contributed by atoms with Gasteiger partial charge in [-0.3, -0.25) is 0 Å². The van der Waals surface area contributed by atoms with Crippen LogP contribution in [0.15, 0.2) is 17.2 Å². The molecule has 9 heteroatoms. The van der Waals surface area contributed by atoms with Crippen molar-refractivity contribution >= 4 is 5.97 Å². The van der Waals surface area contributed by atoms with Crippen LogP contribution < -0.4 is 5.32 Å². The second-order valence-corrected chi connectivity index (χ2v) is 3.66. The van der Waals surface area contributed by atoms with Gasteiger partial charge >= 0.3 is 5.97 Å². The zero-order valence-electron chi connectivity index (χ0n) is 10.4. The summed E-state index contributed by atoms with van der Waals surface area (Å²) in [5.41, 5.74) is 7.97. The van der Waals surface area contributed by atoms with Gasteiger partial charge < -0.3 is 10.1 Å². The highest BCUT2D eigenvalue weighted by Gasteiger charge is 2.23. The van der Waals surface area contributed by atoms with E-state index in [9.17, 15) is 18.0 Å². The molecule has 0 spiro atoms. The quantitative estimate of drug-likeness (QED) is 0.217. The van der Waals surface area contributed by atoms with Gasteiger partial charge in [0, 0.05) is 18.0 Å². The second kappa shape index (κ2) is 7.37. The van der Waals surface area contributed by atoms with Gasteiger partial charge in [-0.25, -0.2) is 18.0 Å². The van der Waals surface area contributed by atoms with E-state index in [1.54, 1.807) is 0 Å². The largest absolute Gasteiger partial charge is 0.468 e. The van der Waals surface area contributed by atoms with Crippen LogP contribution in [0.3, 0.4) is 0 Å². The molecule has 0 aliphatic heterocycles. The molecule has 0 saturated heterocycles. The Morgan fingerprint density at radius 3 is 2.55 bits per heavy atom. The predicted octanol–water partition coefficient (Wildman–Crippen LogP) is 2.22. The molecule has 0 saturated carbocycles. The molecule has 108 valence electrons. The van der Waals surface area contributed by atoms with Gasteiger partial charge in [0.2, 0.25) is 0 Å². The molecular formula is C11H11F3N4O2. The number of nitrogens with zero attached hydrogens (tertiary/aromatic N) is 3. The van der Waals surface area contributed by atoms with E-state index in [2.05, 4.69) is 20.1 Å². The zero-order chi connectivity index (χ0) is 15.1. The lowest BCUT2D eigenvalue weighted by Crippen LogP contribution is -2.31. The summed E-state index contributed by atoms with van der Waals surface area (Å²) in [5, 5.41) is 5.83. The fourth-order valence-corrected chi connectivity index (χ4v) is 1.50. The third-order valence-electron chi connectivity index (χ3n) is 2.40. The van der Waals surface area contributed by atoms with Crippen molar-refractivity contribution < 1.29 is 22.7 Å². The Labute approximate surface area is 112 Å². The van der Waals surface area contributed by atoms with Crippen LogP contribution in [-0.4, -0.2) is 26.2 Å². The lowest BCUT2D eigenvalue weighted by Gasteiger charge is -2.16. The third kappa shape index (κ3) is 3.87. The van der Waals surface area contributed by atoms with Crippen LogP contribution in [0.2, 0.25) is 0 Å². The molecule has 0 bridgehead atoms. The summed E-state index contributed by atoms with van der Waals surface area (Å²) in [6.07, 6.45) is 0. The Morgan fingerprint density at radius 1 is 1.45 bits per heavy atom. The maximum absolute atomic E-state index is 13.1. The molecule has 0 aromatic heterocycles. The molecule has 20 heavy (non-hydrogen) atoms. The zero-order valence-corrected chi connectivity index (χ0v) is 10.4. The minimum Gasteiger partial charge on any atom is -0.468 e. The number of ether oxygens (including phenoxy) is 1. The summed E-state index contributed by atoms with van der Waals surface area (Å²) in [7, 11) is 1.10. The Bertz CT molecular complexity index is 523. The van der Waals surface area contributed by atoms with Gasteiger partial charge in [-0.1, -0.05) is 5.11 Å². The molecule has 1 N–H and O–H groups in total. The number of azide groups is 1. The summed E-state index contributed by atoms with van der Waals surface area (Å²) in [5.74, 6) is -5.25. The number of hydrogen-bond acceptors (Lipinski definition) is 4. The standard InChI is InChI=1S/C11H11F3N4O2/c1-20-11(19)10(16-2-3-17-18-15)6-4-7(12)9(14)8(13)5-6/h4-5,10,16H,2-3H2,1H3. The fourth-order valence-electron chi connectivity index (χ4n) is 1.50. The first-order valence-corrected chi connectivity index (χ1v) is 5.47. The topological polar surface area (TPSA) is 87.1 Å². The molecule has 1 aromatic rings. The summed E-state index contributed by atoms with van der Waals surface area (Å²) in [6.45, 7) is 0.0978. The second-order valence-electron chi connectivity index (χ2n) is 3.66. The number of rotatable bonds is 6. The van der Waals surface area contributed by atoms with Crippen molar-refractivity contribution in [1.82, 2.24) is 5.32 Å². The highest BCUT2D eigenvalue weighted by atomic mass is 19.2. The van der Waals surface area contributed by atoms with E-state index in [1.807, 2.05) is 0 Å². The van der Waals surface area contributed by atoms with Crippen molar-refractivity contribution in [3.63, 3.8) is 0 Å². The Hall–Kier alpha value is -2.25. The number of esters is 1. The van der Waals surface area contributed by atoms with Gasteiger partial charge in [0.1, 0.15) is 6.04 Å². The minimum absolute atomic E-state index is 0.0240. The van der Waals surface area contributed by atoms with Crippen LogP contribution in [0, 0.1) is 17.5 Å². The Balaban J connectivity index is 2.98. The molecule has 0 aliphatic rings. The van der Waals surface area contributed by atoms with E-state index in [-0.39, 0.29) is 18.7 Å². The van der Waals surface area contributed by atoms with Crippen LogP contribution in [0.25, 0.3) is 10.4 Å². The number of carbonyl (C=O) groups is 1. The smallest absolute Gasteiger partial charge is 0.327 e. The lowest BCUT2D eigenvalue weighted by atomic mass is 10.1. The van der Waals surface area contributed by atoms with Crippen LogP contribution >= 0.6 is 0 Å². The minimum atomic E-state index is -1.62. The fraction of sp³-hybridized carbons (Fsp3) is 0.364. The highest BCUT2D eigenvalue weighted by molar-refractivity contribution is 5.77. The van der Waals surface area contributed by atoms with Crippen LogP contribution in [0.4, 0.5) is 13.2 Å². The molecule has 0 amide bonds. The Kier molecular flexibility index (Phi) is 5.82. The van der Waals surface area contributed by atoms with E-state index in [1.165, 1.54) is 0 Å². The number of hydrogen-bond donors (Lipinski definition) is 1. The number of halogens is 3. The molecule has 1 rings (SSSR count). The summed E-state index contributed by atoms with van der Waals surface area (Å²) >= 11 is 0. The molecule has 6 nitrogen and oxygen atoms in total. The Morgan fingerprint density at radius 2 is 2.05 bits per heavy atom. The average molecular weight is 288 g/mol. The first-order chi connectivity index (χ1) is 9.51.